The molecule has 1 aliphatic heterocycles. The van der Waals surface area contributed by atoms with E-state index in [2.05, 4.69) is 15.2 Å². The molecule has 0 spiro atoms. The van der Waals surface area contributed by atoms with Gasteiger partial charge in [-0.2, -0.15) is 0 Å². The van der Waals surface area contributed by atoms with Crippen LogP contribution < -0.4 is 25.4 Å². The van der Waals surface area contributed by atoms with Crippen molar-refractivity contribution in [2.75, 3.05) is 18.0 Å². The number of aromatic nitrogens is 1. The second-order valence-corrected chi connectivity index (χ2v) is 8.31. The Kier molecular flexibility index (Phi) is 7.79. The maximum atomic E-state index is 13.4. The van der Waals surface area contributed by atoms with Gasteiger partial charge in [-0.25, -0.2) is 9.37 Å². The van der Waals surface area contributed by atoms with Gasteiger partial charge in [0.1, 0.15) is 28.6 Å². The minimum atomic E-state index is -0.654. The van der Waals surface area contributed by atoms with Gasteiger partial charge in [0.15, 0.2) is 0 Å². The molecule has 4 rings (SSSR count). The zero-order chi connectivity index (χ0) is 25.5. The Morgan fingerprint density at radius 1 is 1.06 bits per heavy atom. The van der Waals surface area contributed by atoms with Gasteiger partial charge in [0.25, 0.3) is 5.91 Å². The zero-order valence-corrected chi connectivity index (χ0v) is 19.8. The van der Waals surface area contributed by atoms with E-state index in [-0.39, 0.29) is 29.2 Å². The highest BCUT2D eigenvalue weighted by molar-refractivity contribution is 5.96. The highest BCUT2D eigenvalue weighted by Crippen LogP contribution is 2.30. The number of allylic oxidation sites excluding steroid dienone is 1. The van der Waals surface area contributed by atoms with E-state index in [1.807, 2.05) is 0 Å². The van der Waals surface area contributed by atoms with E-state index < -0.39 is 5.91 Å². The van der Waals surface area contributed by atoms with Crippen LogP contribution in [0, 0.1) is 5.82 Å². The molecule has 2 aromatic carbocycles. The van der Waals surface area contributed by atoms with E-state index in [1.54, 1.807) is 61.7 Å². The number of nitrogens with zero attached hydrogens (tertiary/aromatic N) is 2. The van der Waals surface area contributed by atoms with Crippen LogP contribution in [0.15, 0.2) is 72.9 Å². The van der Waals surface area contributed by atoms with Crippen LogP contribution >= 0.6 is 0 Å². The van der Waals surface area contributed by atoms with Crippen molar-refractivity contribution in [3.8, 4) is 23.1 Å². The number of hydrogen-bond donors (Lipinski definition) is 2. The maximum Gasteiger partial charge on any atom is 0.254 e. The first-order chi connectivity index (χ1) is 17.4. The van der Waals surface area contributed by atoms with E-state index in [1.165, 1.54) is 18.2 Å². The van der Waals surface area contributed by atoms with Crippen molar-refractivity contribution in [3.05, 3.63) is 84.3 Å². The number of nitrogens with one attached hydrogen (secondary N) is 1. The number of anilines is 1. The lowest BCUT2D eigenvalue weighted by Crippen LogP contribution is -2.44. The van der Waals surface area contributed by atoms with E-state index >= 15 is 0 Å². The molecule has 1 aromatic heterocycles. The number of primary amides is 1. The van der Waals surface area contributed by atoms with Gasteiger partial charge in [-0.3, -0.25) is 9.59 Å². The fourth-order valence-corrected chi connectivity index (χ4v) is 3.91. The van der Waals surface area contributed by atoms with Crippen LogP contribution in [0.3, 0.4) is 0 Å². The van der Waals surface area contributed by atoms with Crippen molar-refractivity contribution in [1.82, 2.24) is 10.3 Å². The fourth-order valence-electron chi connectivity index (χ4n) is 3.91. The molecule has 0 unspecified atom stereocenters. The molecule has 0 aliphatic carbocycles. The topological polar surface area (TPSA) is 107 Å². The molecule has 2 heterocycles. The van der Waals surface area contributed by atoms with Gasteiger partial charge >= 0.3 is 0 Å². The highest BCUT2D eigenvalue weighted by atomic mass is 19.1. The van der Waals surface area contributed by atoms with E-state index in [9.17, 15) is 14.0 Å². The molecule has 3 aromatic rings. The fraction of sp³-hybridized carbons (Fsp3) is 0.222. The average Bonchev–Trinajstić information content (AvgIpc) is 2.86. The summed E-state index contributed by atoms with van der Waals surface area (Å²) in [4.78, 5) is 30.4. The molecule has 2 amide bonds. The van der Waals surface area contributed by atoms with Crippen molar-refractivity contribution in [2.24, 2.45) is 5.73 Å². The molecular formula is C27H27FN4O4. The maximum absolute atomic E-state index is 13.4. The quantitative estimate of drug-likeness (QED) is 0.448. The van der Waals surface area contributed by atoms with Crippen LogP contribution in [-0.2, 0) is 4.79 Å². The third-order valence-electron chi connectivity index (χ3n) is 5.70. The molecule has 0 radical (unpaired) electrons. The standard InChI is InChI=1S/C27H27FN4O4/c1-2-4-25(33)31-19-11-13-32(14-12-19)20-16-24(26(29)34)27(30-17-20)36-22-9-7-21(8-10-22)35-23-6-3-5-18(28)15-23/h2-10,15-17,19H,11-14H2,1H3,(H2,29,34)(H,31,33)/b4-2+. The lowest BCUT2D eigenvalue weighted by Gasteiger charge is -2.33. The molecule has 0 atom stereocenters. The number of rotatable bonds is 8. The molecular weight excluding hydrogens is 463 g/mol. The summed E-state index contributed by atoms with van der Waals surface area (Å²) in [5.74, 6) is 0.266. The summed E-state index contributed by atoms with van der Waals surface area (Å²) >= 11 is 0. The Morgan fingerprint density at radius 2 is 1.75 bits per heavy atom. The Bertz CT molecular complexity index is 1250. The first-order valence-electron chi connectivity index (χ1n) is 11.6. The summed E-state index contributed by atoms with van der Waals surface area (Å²) in [7, 11) is 0. The smallest absolute Gasteiger partial charge is 0.254 e. The Morgan fingerprint density at radius 3 is 2.39 bits per heavy atom. The van der Waals surface area contributed by atoms with Crippen molar-refractivity contribution in [2.45, 2.75) is 25.8 Å². The van der Waals surface area contributed by atoms with Crippen LogP contribution in [-0.4, -0.2) is 35.9 Å². The summed E-state index contributed by atoms with van der Waals surface area (Å²) in [6.45, 7) is 3.21. The number of carbonyl (C=O) groups excluding carboxylic acids is 2. The molecule has 9 heteroatoms. The Balaban J connectivity index is 1.41. The summed E-state index contributed by atoms with van der Waals surface area (Å²) in [6.07, 6.45) is 6.41. The van der Waals surface area contributed by atoms with E-state index in [0.717, 1.165) is 18.5 Å². The average molecular weight is 491 g/mol. The molecule has 0 saturated carbocycles. The predicted octanol–water partition coefficient (Wildman–Crippen LogP) is 4.57. The minimum Gasteiger partial charge on any atom is -0.457 e. The number of hydrogen-bond acceptors (Lipinski definition) is 6. The van der Waals surface area contributed by atoms with Crippen LogP contribution in [0.4, 0.5) is 10.1 Å². The third kappa shape index (κ3) is 6.38. The second kappa shape index (κ2) is 11.4. The highest BCUT2D eigenvalue weighted by Gasteiger charge is 2.22. The summed E-state index contributed by atoms with van der Waals surface area (Å²) in [5.41, 5.74) is 6.53. The molecule has 1 aliphatic rings. The molecule has 186 valence electrons. The first-order valence-corrected chi connectivity index (χ1v) is 11.6. The molecule has 0 bridgehead atoms. The van der Waals surface area contributed by atoms with Crippen LogP contribution in [0.5, 0.6) is 23.1 Å². The van der Waals surface area contributed by atoms with Crippen molar-refractivity contribution < 1.29 is 23.5 Å². The van der Waals surface area contributed by atoms with Gasteiger partial charge in [0, 0.05) is 25.2 Å². The second-order valence-electron chi connectivity index (χ2n) is 8.31. The van der Waals surface area contributed by atoms with Gasteiger partial charge < -0.3 is 25.4 Å². The Labute approximate surface area is 208 Å². The Hall–Kier alpha value is -4.40. The van der Waals surface area contributed by atoms with Gasteiger partial charge in [-0.15, -0.1) is 0 Å². The summed E-state index contributed by atoms with van der Waals surface area (Å²) < 4.78 is 24.8. The number of carbonyl (C=O) groups is 2. The number of halogens is 1. The first kappa shape index (κ1) is 24.7. The zero-order valence-electron chi connectivity index (χ0n) is 19.8. The number of amides is 2. The van der Waals surface area contributed by atoms with Crippen LogP contribution in [0.25, 0.3) is 0 Å². The predicted molar refractivity (Wildman–Crippen MR) is 134 cm³/mol. The normalized spacial score (nSPS) is 14.0. The summed E-state index contributed by atoms with van der Waals surface area (Å²) in [5, 5.41) is 2.99. The molecule has 8 nitrogen and oxygen atoms in total. The number of piperidine rings is 1. The van der Waals surface area contributed by atoms with Crippen molar-refractivity contribution in [3.63, 3.8) is 0 Å². The minimum absolute atomic E-state index is 0.0938. The number of pyridine rings is 1. The van der Waals surface area contributed by atoms with Gasteiger partial charge in [-0.05, 0) is 68.3 Å². The molecule has 1 saturated heterocycles. The largest absolute Gasteiger partial charge is 0.457 e. The van der Waals surface area contributed by atoms with Gasteiger partial charge in [0.05, 0.1) is 11.9 Å². The molecule has 36 heavy (non-hydrogen) atoms. The van der Waals surface area contributed by atoms with Crippen molar-refractivity contribution >= 4 is 17.5 Å². The van der Waals surface area contributed by atoms with Gasteiger partial charge in [0.2, 0.25) is 11.8 Å². The molecule has 1 fully saturated rings. The van der Waals surface area contributed by atoms with E-state index in [0.29, 0.717) is 30.3 Å². The number of benzene rings is 2. The summed E-state index contributed by atoms with van der Waals surface area (Å²) in [6, 6.07) is 14.3. The van der Waals surface area contributed by atoms with Crippen LogP contribution in [0.1, 0.15) is 30.1 Å². The lowest BCUT2D eigenvalue weighted by atomic mass is 10.0. The number of nitrogens with two attached hydrogens (primary N) is 1. The third-order valence-corrected chi connectivity index (χ3v) is 5.70. The number of ether oxygens (including phenoxy) is 2. The molecule has 3 N–H and O–H groups in total. The SMILES string of the molecule is C/C=C/C(=O)NC1CCN(c2cnc(Oc3ccc(Oc4cccc(F)c4)cc3)c(C(N)=O)c2)CC1. The van der Waals surface area contributed by atoms with Gasteiger partial charge in [-0.1, -0.05) is 12.1 Å². The monoisotopic (exact) mass is 490 g/mol. The van der Waals surface area contributed by atoms with Crippen LogP contribution in [0.2, 0.25) is 0 Å². The van der Waals surface area contributed by atoms with E-state index in [4.69, 9.17) is 15.2 Å². The lowest BCUT2D eigenvalue weighted by molar-refractivity contribution is -0.117. The van der Waals surface area contributed by atoms with Crippen molar-refractivity contribution in [1.29, 1.82) is 0 Å².